The molecule has 0 spiro atoms. The minimum atomic E-state index is -1.19. The third-order valence-corrected chi connectivity index (χ3v) is 7.84. The van der Waals surface area contributed by atoms with Crippen LogP contribution in [0.15, 0.2) is 97.1 Å². The Bertz CT molecular complexity index is 1670. The molecule has 256 valence electrons. The number of carboxylic acid groups (broad SMARTS) is 1. The molecule has 0 unspecified atom stereocenters. The Morgan fingerprint density at radius 3 is 1.84 bits per heavy atom. The zero-order valence-electron chi connectivity index (χ0n) is 27.9. The molecule has 0 radical (unpaired) electrons. The molecule has 0 aromatic heterocycles. The lowest BCUT2D eigenvalue weighted by molar-refractivity contribution is -0.139. The summed E-state index contributed by atoms with van der Waals surface area (Å²) in [4.78, 5) is 50.1. The normalized spacial score (nSPS) is 11.2. The summed E-state index contributed by atoms with van der Waals surface area (Å²) in [7, 11) is 1.57. The van der Waals surface area contributed by atoms with Crippen LogP contribution in [0.3, 0.4) is 0 Å². The number of benzene rings is 4. The van der Waals surface area contributed by atoms with E-state index < -0.39 is 17.9 Å². The summed E-state index contributed by atoms with van der Waals surface area (Å²) in [5.74, 6) is -0.820. The van der Waals surface area contributed by atoms with E-state index in [1.54, 1.807) is 79.9 Å². The number of rotatable bonds is 18. The molecule has 4 N–H and O–H groups in total. The van der Waals surface area contributed by atoms with Crippen LogP contribution >= 0.6 is 0 Å². The van der Waals surface area contributed by atoms with Gasteiger partial charge in [0.25, 0.3) is 11.8 Å². The van der Waals surface area contributed by atoms with Gasteiger partial charge in [-0.1, -0.05) is 56.9 Å². The van der Waals surface area contributed by atoms with Gasteiger partial charge in [-0.15, -0.1) is 0 Å². The molecule has 10 heteroatoms. The van der Waals surface area contributed by atoms with Gasteiger partial charge in [-0.2, -0.15) is 0 Å². The van der Waals surface area contributed by atoms with Crippen LogP contribution in [0, 0.1) is 0 Å². The molecule has 0 heterocycles. The van der Waals surface area contributed by atoms with Gasteiger partial charge in [0, 0.05) is 28.9 Å². The number of amides is 3. The molecule has 10 nitrogen and oxygen atoms in total. The number of hydrogen-bond donors (Lipinski definition) is 4. The highest BCUT2D eigenvalue weighted by Crippen LogP contribution is 2.18. The first-order valence-corrected chi connectivity index (χ1v) is 16.4. The Morgan fingerprint density at radius 2 is 1.20 bits per heavy atom. The monoisotopic (exact) mass is 665 g/mol. The predicted molar refractivity (Wildman–Crippen MR) is 189 cm³/mol. The molecule has 0 fully saturated rings. The second-order valence-corrected chi connectivity index (χ2v) is 11.7. The number of nitrogens with one attached hydrogen (secondary N) is 3. The van der Waals surface area contributed by atoms with Crippen LogP contribution in [-0.2, 0) is 22.4 Å². The fourth-order valence-corrected chi connectivity index (χ4v) is 5.04. The molecule has 3 amide bonds. The van der Waals surface area contributed by atoms with Crippen molar-refractivity contribution in [1.82, 2.24) is 5.32 Å². The number of aliphatic carboxylic acids is 1. The van der Waals surface area contributed by atoms with Crippen molar-refractivity contribution in [2.24, 2.45) is 0 Å². The van der Waals surface area contributed by atoms with E-state index in [0.29, 0.717) is 34.9 Å². The average molecular weight is 666 g/mol. The molecule has 4 aromatic carbocycles. The van der Waals surface area contributed by atoms with Crippen molar-refractivity contribution in [1.29, 1.82) is 0 Å². The lowest BCUT2D eigenvalue weighted by atomic mass is 10.0. The molecular weight excluding hydrogens is 622 g/mol. The minimum absolute atomic E-state index is 0.0366. The van der Waals surface area contributed by atoms with Crippen molar-refractivity contribution < 1.29 is 33.8 Å². The summed E-state index contributed by atoms with van der Waals surface area (Å²) in [5, 5.41) is 18.0. The van der Waals surface area contributed by atoms with Crippen LogP contribution in [0.5, 0.6) is 11.5 Å². The summed E-state index contributed by atoms with van der Waals surface area (Å²) < 4.78 is 10.9. The van der Waals surface area contributed by atoms with E-state index in [0.717, 1.165) is 24.2 Å². The van der Waals surface area contributed by atoms with Crippen molar-refractivity contribution in [2.45, 2.75) is 57.9 Å². The van der Waals surface area contributed by atoms with E-state index in [-0.39, 0.29) is 30.2 Å². The number of carbonyl (C=O) groups excluding carboxylic acids is 3. The fourth-order valence-electron chi connectivity index (χ4n) is 5.04. The van der Waals surface area contributed by atoms with E-state index in [9.17, 15) is 24.3 Å². The Hall–Kier alpha value is -5.64. The first-order valence-electron chi connectivity index (χ1n) is 16.4. The van der Waals surface area contributed by atoms with E-state index in [1.165, 1.54) is 31.4 Å². The van der Waals surface area contributed by atoms with Gasteiger partial charge in [0.2, 0.25) is 5.91 Å². The smallest absolute Gasteiger partial charge is 0.326 e. The quantitative estimate of drug-likeness (QED) is 0.0847. The van der Waals surface area contributed by atoms with E-state index in [4.69, 9.17) is 9.47 Å². The highest BCUT2D eigenvalue weighted by atomic mass is 16.5. The van der Waals surface area contributed by atoms with Gasteiger partial charge in [-0.25, -0.2) is 4.79 Å². The predicted octanol–water partition coefficient (Wildman–Crippen LogP) is 6.90. The molecule has 1 atom stereocenters. The molecule has 0 aliphatic rings. The zero-order chi connectivity index (χ0) is 35.0. The van der Waals surface area contributed by atoms with Crippen LogP contribution in [0.4, 0.5) is 11.4 Å². The first-order chi connectivity index (χ1) is 23.7. The summed E-state index contributed by atoms with van der Waals surface area (Å²) in [6, 6.07) is 26.0. The number of methoxy groups -OCH3 is 1. The number of carbonyl (C=O) groups is 4. The van der Waals surface area contributed by atoms with Crippen molar-refractivity contribution in [3.63, 3.8) is 0 Å². The fraction of sp³-hybridized carbons (Fsp3) is 0.282. The van der Waals surface area contributed by atoms with E-state index >= 15 is 0 Å². The molecule has 0 bridgehead atoms. The van der Waals surface area contributed by atoms with Crippen LogP contribution in [0.2, 0.25) is 0 Å². The van der Waals surface area contributed by atoms with E-state index in [2.05, 4.69) is 22.9 Å². The highest BCUT2D eigenvalue weighted by molar-refractivity contribution is 6.04. The van der Waals surface area contributed by atoms with Crippen LogP contribution in [-0.4, -0.2) is 48.6 Å². The molecule has 4 rings (SSSR count). The number of hydrogen-bond acceptors (Lipinski definition) is 6. The Morgan fingerprint density at radius 1 is 0.653 bits per heavy atom. The molecule has 0 saturated carbocycles. The third-order valence-electron chi connectivity index (χ3n) is 7.84. The Kier molecular flexibility index (Phi) is 13.8. The molecule has 0 aliphatic heterocycles. The number of ether oxygens (including phenoxy) is 2. The van der Waals surface area contributed by atoms with Gasteiger partial charge < -0.3 is 30.5 Å². The van der Waals surface area contributed by atoms with Crippen molar-refractivity contribution in [2.75, 3.05) is 24.4 Å². The number of anilines is 2. The van der Waals surface area contributed by atoms with Gasteiger partial charge in [-0.3, -0.25) is 14.4 Å². The van der Waals surface area contributed by atoms with Gasteiger partial charge in [-0.05, 0) is 90.3 Å². The van der Waals surface area contributed by atoms with Gasteiger partial charge in [0.15, 0.2) is 0 Å². The second-order valence-electron chi connectivity index (χ2n) is 11.7. The van der Waals surface area contributed by atoms with Crippen molar-refractivity contribution >= 4 is 35.1 Å². The molecule has 0 saturated heterocycles. The molecule has 4 aromatic rings. The summed E-state index contributed by atoms with van der Waals surface area (Å²) in [6.45, 7) is 2.83. The number of carboxylic acids is 1. The van der Waals surface area contributed by atoms with E-state index in [1.807, 2.05) is 12.1 Å². The Labute approximate surface area is 286 Å². The van der Waals surface area contributed by atoms with Crippen molar-refractivity contribution in [3.8, 4) is 11.5 Å². The van der Waals surface area contributed by atoms with Crippen LogP contribution in [0.25, 0.3) is 0 Å². The maximum absolute atomic E-state index is 12.9. The van der Waals surface area contributed by atoms with Crippen molar-refractivity contribution in [3.05, 3.63) is 119 Å². The SMILES string of the molecule is CCCCCCCOc1ccc(C(=O)Nc2ccc(C[C@H](NC(=O)c3ccc(NC(=O)Cc4ccc(OC)cc4)cc3)C(=O)O)cc2)cc1. The molecule has 49 heavy (non-hydrogen) atoms. The maximum Gasteiger partial charge on any atom is 0.326 e. The maximum atomic E-state index is 12.9. The van der Waals surface area contributed by atoms with Gasteiger partial charge >= 0.3 is 5.97 Å². The lowest BCUT2D eigenvalue weighted by Crippen LogP contribution is -2.42. The topological polar surface area (TPSA) is 143 Å². The summed E-state index contributed by atoms with van der Waals surface area (Å²) in [6.07, 6.45) is 6.00. The first kappa shape index (κ1) is 36.2. The van der Waals surface area contributed by atoms with Crippen LogP contribution in [0.1, 0.15) is 70.9 Å². The minimum Gasteiger partial charge on any atom is -0.497 e. The largest absolute Gasteiger partial charge is 0.497 e. The highest BCUT2D eigenvalue weighted by Gasteiger charge is 2.21. The molecular formula is C39H43N3O7. The summed E-state index contributed by atoms with van der Waals surface area (Å²) in [5.41, 5.74) is 3.27. The van der Waals surface area contributed by atoms with Gasteiger partial charge in [0.1, 0.15) is 17.5 Å². The summed E-state index contributed by atoms with van der Waals surface area (Å²) >= 11 is 0. The average Bonchev–Trinajstić information content (AvgIpc) is 3.11. The second kappa shape index (κ2) is 18.6. The molecule has 0 aliphatic carbocycles. The zero-order valence-corrected chi connectivity index (χ0v) is 27.9. The lowest BCUT2D eigenvalue weighted by Gasteiger charge is -2.15. The Balaban J connectivity index is 1.24. The van der Waals surface area contributed by atoms with Crippen LogP contribution < -0.4 is 25.4 Å². The number of unbranched alkanes of at least 4 members (excludes halogenated alkanes) is 4. The standard InChI is InChI=1S/C39H43N3O7/c1-3-4-5-6-7-24-49-34-22-14-30(15-23-34)37(44)41-32-16-8-27(9-17-32)25-35(39(46)47)42-38(45)29-12-18-31(19-13-29)40-36(43)26-28-10-20-33(48-2)21-11-28/h8-23,35H,3-7,24-26H2,1-2H3,(H,40,43)(H,41,44)(H,42,45)(H,46,47)/t35-/m0/s1. The van der Waals surface area contributed by atoms with Gasteiger partial charge in [0.05, 0.1) is 20.1 Å². The third kappa shape index (κ3) is 11.8.